The van der Waals surface area contributed by atoms with E-state index in [4.69, 9.17) is 10.5 Å². The summed E-state index contributed by atoms with van der Waals surface area (Å²) in [6, 6.07) is 13.6. The summed E-state index contributed by atoms with van der Waals surface area (Å²) in [5, 5.41) is 16.6. The van der Waals surface area contributed by atoms with Crippen molar-refractivity contribution in [1.82, 2.24) is 25.9 Å². The maximum Gasteiger partial charge on any atom is 0.407 e. The van der Waals surface area contributed by atoms with Gasteiger partial charge in [-0.1, -0.05) is 28.1 Å². The van der Waals surface area contributed by atoms with Crippen molar-refractivity contribution in [2.45, 2.75) is 64.5 Å². The number of tetrazole rings is 1. The van der Waals surface area contributed by atoms with E-state index in [2.05, 4.69) is 41.9 Å². The van der Waals surface area contributed by atoms with Crippen LogP contribution in [0.2, 0.25) is 0 Å². The monoisotopic (exact) mass is 625 g/mol. The number of aromatic amines is 1. The number of hydrogen-bond donors (Lipinski definition) is 3. The standard InChI is InChI=1S/C29H36BrN7O4/c1-29(2,3)41-28(40)32-17-18-7-9-21(10-8-18)26(38)37(23-13-11-20(12-14-23)25-33-35-36-34-25)27(39)24(31)16-19-5-4-6-22(30)15-19/h4-6,11-15,18,21,24H,7-10,16-17,31H2,1-3H3,(H,32,40)(H,33,34,35,36)/t18-,21-,24-/m0/s1. The number of amides is 3. The Labute approximate surface area is 247 Å². The lowest BCUT2D eigenvalue weighted by molar-refractivity contribution is -0.130. The third-order valence-electron chi connectivity index (χ3n) is 6.98. The van der Waals surface area contributed by atoms with E-state index >= 15 is 0 Å². The summed E-state index contributed by atoms with van der Waals surface area (Å²) in [6.45, 7) is 5.94. The van der Waals surface area contributed by atoms with E-state index in [0.717, 1.165) is 28.4 Å². The van der Waals surface area contributed by atoms with E-state index in [9.17, 15) is 14.4 Å². The van der Waals surface area contributed by atoms with Gasteiger partial charge in [-0.2, -0.15) is 0 Å². The molecule has 0 bridgehead atoms. The number of alkyl carbamates (subject to hydrolysis) is 1. The third-order valence-corrected chi connectivity index (χ3v) is 7.47. The van der Waals surface area contributed by atoms with E-state index < -0.39 is 23.6 Å². The molecule has 1 saturated carbocycles. The number of carbonyl (C=O) groups is 3. The predicted molar refractivity (Wildman–Crippen MR) is 158 cm³/mol. The van der Waals surface area contributed by atoms with Gasteiger partial charge in [0.15, 0.2) is 5.82 Å². The molecule has 0 unspecified atom stereocenters. The van der Waals surface area contributed by atoms with E-state index in [0.29, 0.717) is 30.9 Å². The number of hydrogen-bond acceptors (Lipinski definition) is 8. The fourth-order valence-corrected chi connectivity index (χ4v) is 5.37. The number of benzene rings is 2. The van der Waals surface area contributed by atoms with Gasteiger partial charge in [0.05, 0.1) is 11.7 Å². The Balaban J connectivity index is 1.47. The largest absolute Gasteiger partial charge is 0.444 e. The average Bonchev–Trinajstić information content (AvgIpc) is 3.47. The molecule has 1 aliphatic carbocycles. The van der Waals surface area contributed by atoms with E-state index in [1.807, 2.05) is 45.0 Å². The molecule has 218 valence electrons. The molecule has 4 rings (SSSR count). The summed E-state index contributed by atoms with van der Waals surface area (Å²) < 4.78 is 6.21. The second-order valence-corrected chi connectivity index (χ2v) is 12.3. The second-order valence-electron chi connectivity index (χ2n) is 11.3. The lowest BCUT2D eigenvalue weighted by Crippen LogP contribution is -2.50. The maximum atomic E-state index is 13.9. The SMILES string of the molecule is CC(C)(C)OC(=O)NC[C@H]1CC[C@H](C(=O)N(C(=O)[C@@H](N)Cc2cccc(Br)c2)c2ccc(-c3nnn[nH]3)cc2)CC1. The van der Waals surface area contributed by atoms with Crippen LogP contribution in [0.3, 0.4) is 0 Å². The highest BCUT2D eigenvalue weighted by Crippen LogP contribution is 2.32. The van der Waals surface area contributed by atoms with Gasteiger partial charge in [0.2, 0.25) is 5.91 Å². The predicted octanol–water partition coefficient (Wildman–Crippen LogP) is 4.39. The Kier molecular flexibility index (Phi) is 9.87. The maximum absolute atomic E-state index is 13.9. The van der Waals surface area contributed by atoms with Gasteiger partial charge in [0, 0.05) is 22.5 Å². The number of ether oxygens (including phenoxy) is 1. The Morgan fingerprint density at radius 2 is 1.83 bits per heavy atom. The van der Waals surface area contributed by atoms with Crippen molar-refractivity contribution >= 4 is 39.5 Å². The lowest BCUT2D eigenvalue weighted by Gasteiger charge is -2.32. The number of rotatable bonds is 8. The lowest BCUT2D eigenvalue weighted by atomic mass is 9.81. The molecule has 1 heterocycles. The molecular formula is C29H36BrN7O4. The highest BCUT2D eigenvalue weighted by Gasteiger charge is 2.35. The first-order chi connectivity index (χ1) is 19.5. The number of halogens is 1. The van der Waals surface area contributed by atoms with Crippen molar-refractivity contribution in [2.24, 2.45) is 17.6 Å². The quantitative estimate of drug-likeness (QED) is 0.333. The van der Waals surface area contributed by atoms with Gasteiger partial charge in [0.1, 0.15) is 5.60 Å². The number of nitrogens with one attached hydrogen (secondary N) is 2. The van der Waals surface area contributed by atoms with Crippen molar-refractivity contribution < 1.29 is 19.1 Å². The molecule has 1 fully saturated rings. The van der Waals surface area contributed by atoms with Gasteiger partial charge in [0.25, 0.3) is 5.91 Å². The Bertz CT molecular complexity index is 1330. The van der Waals surface area contributed by atoms with Gasteiger partial charge < -0.3 is 15.8 Å². The van der Waals surface area contributed by atoms with E-state index in [1.165, 1.54) is 4.90 Å². The molecule has 12 heteroatoms. The number of H-pyrrole nitrogens is 1. The van der Waals surface area contributed by atoms with E-state index in [-0.39, 0.29) is 24.2 Å². The van der Waals surface area contributed by atoms with Crippen LogP contribution in [0.15, 0.2) is 53.0 Å². The Morgan fingerprint density at radius 3 is 2.44 bits per heavy atom. The molecule has 1 atom stereocenters. The number of carbonyl (C=O) groups excluding carboxylic acids is 3. The molecule has 0 saturated heterocycles. The van der Waals surface area contributed by atoms with Gasteiger partial charge in [-0.05, 0) is 111 Å². The van der Waals surface area contributed by atoms with Crippen LogP contribution in [0.1, 0.15) is 52.0 Å². The van der Waals surface area contributed by atoms with Crippen molar-refractivity contribution in [3.05, 3.63) is 58.6 Å². The first-order valence-corrected chi connectivity index (χ1v) is 14.5. The van der Waals surface area contributed by atoms with Crippen molar-refractivity contribution in [3.8, 4) is 11.4 Å². The smallest absolute Gasteiger partial charge is 0.407 e. The molecular weight excluding hydrogens is 590 g/mol. The molecule has 41 heavy (non-hydrogen) atoms. The number of aromatic nitrogens is 4. The van der Waals surface area contributed by atoms with Crippen molar-refractivity contribution in [1.29, 1.82) is 0 Å². The molecule has 11 nitrogen and oxygen atoms in total. The minimum Gasteiger partial charge on any atom is -0.444 e. The summed E-state index contributed by atoms with van der Waals surface area (Å²) in [7, 11) is 0. The molecule has 1 aromatic heterocycles. The third kappa shape index (κ3) is 8.43. The summed E-state index contributed by atoms with van der Waals surface area (Å²) in [5.41, 5.74) is 7.88. The highest BCUT2D eigenvalue weighted by atomic mass is 79.9. The Hall–Kier alpha value is -3.64. The summed E-state index contributed by atoms with van der Waals surface area (Å²) in [5.74, 6) is -0.368. The molecule has 0 radical (unpaired) electrons. The number of nitrogens with two attached hydrogens (primary N) is 1. The number of imide groups is 1. The first kappa shape index (κ1) is 30.3. The van der Waals surface area contributed by atoms with Crippen LogP contribution in [0.25, 0.3) is 11.4 Å². The van der Waals surface area contributed by atoms with Crippen LogP contribution >= 0.6 is 15.9 Å². The fraction of sp³-hybridized carbons (Fsp3) is 0.448. The molecule has 2 aromatic carbocycles. The van der Waals surface area contributed by atoms with Gasteiger partial charge in [-0.25, -0.2) is 14.8 Å². The van der Waals surface area contributed by atoms with Gasteiger partial charge in [-0.3, -0.25) is 9.59 Å². The summed E-state index contributed by atoms with van der Waals surface area (Å²) in [4.78, 5) is 40.9. The van der Waals surface area contributed by atoms with Gasteiger partial charge >= 0.3 is 6.09 Å². The highest BCUT2D eigenvalue weighted by molar-refractivity contribution is 9.10. The zero-order chi connectivity index (χ0) is 29.6. The van der Waals surface area contributed by atoms with Crippen LogP contribution in [0, 0.1) is 11.8 Å². The van der Waals surface area contributed by atoms with Crippen molar-refractivity contribution in [2.75, 3.05) is 11.4 Å². The van der Waals surface area contributed by atoms with Crippen LogP contribution in [-0.2, 0) is 20.7 Å². The normalized spacial score (nSPS) is 17.9. The molecule has 0 aliphatic heterocycles. The zero-order valence-electron chi connectivity index (χ0n) is 23.5. The molecule has 1 aliphatic rings. The van der Waals surface area contributed by atoms with Crippen LogP contribution in [-0.4, -0.2) is 56.7 Å². The first-order valence-electron chi connectivity index (χ1n) is 13.7. The molecule has 0 spiro atoms. The number of anilines is 1. The van der Waals surface area contributed by atoms with Gasteiger partial charge in [-0.15, -0.1) is 5.10 Å². The topological polar surface area (TPSA) is 156 Å². The van der Waals surface area contributed by atoms with Crippen LogP contribution < -0.4 is 16.0 Å². The minimum absolute atomic E-state index is 0.226. The van der Waals surface area contributed by atoms with Crippen LogP contribution in [0.5, 0.6) is 0 Å². The average molecular weight is 627 g/mol. The molecule has 4 N–H and O–H groups in total. The molecule has 3 amide bonds. The summed E-state index contributed by atoms with van der Waals surface area (Å²) >= 11 is 3.45. The minimum atomic E-state index is -0.916. The Morgan fingerprint density at radius 1 is 1.12 bits per heavy atom. The second kappa shape index (κ2) is 13.3. The molecule has 3 aromatic rings. The van der Waals surface area contributed by atoms with Crippen LogP contribution in [0.4, 0.5) is 10.5 Å². The van der Waals surface area contributed by atoms with E-state index in [1.54, 1.807) is 24.3 Å². The summed E-state index contributed by atoms with van der Waals surface area (Å²) in [6.07, 6.45) is 2.53. The fourth-order valence-electron chi connectivity index (χ4n) is 4.92. The number of nitrogens with zero attached hydrogens (tertiary/aromatic N) is 4. The zero-order valence-corrected chi connectivity index (χ0v) is 25.1. The van der Waals surface area contributed by atoms with Crippen molar-refractivity contribution in [3.63, 3.8) is 0 Å².